The molecule has 2 unspecified atom stereocenters. The smallest absolute Gasteiger partial charge is 0.254 e. The lowest BCUT2D eigenvalue weighted by molar-refractivity contribution is -0.116. The highest BCUT2D eigenvalue weighted by atomic mass is 35.5. The second-order valence-electron chi connectivity index (χ2n) is 6.34. The highest BCUT2D eigenvalue weighted by Gasteiger charge is 2.31. The predicted octanol–water partition coefficient (Wildman–Crippen LogP) is 2.19. The molecule has 1 saturated heterocycles. The Labute approximate surface area is 143 Å². The Kier molecular flexibility index (Phi) is 5.65. The Morgan fingerprint density at radius 1 is 1.39 bits per heavy atom. The molecule has 5 nitrogen and oxygen atoms in total. The molecule has 1 aromatic carbocycles. The number of likely N-dealkylation sites (tertiary alicyclic amines) is 1. The third-order valence-electron chi connectivity index (χ3n) is 4.87. The van der Waals surface area contributed by atoms with E-state index in [1.807, 2.05) is 17.0 Å². The fourth-order valence-electron chi connectivity index (χ4n) is 3.54. The quantitative estimate of drug-likeness (QED) is 0.868. The summed E-state index contributed by atoms with van der Waals surface area (Å²) in [7, 11) is 0. The number of anilines is 1. The number of aryl methyl sites for hydroxylation is 1. The third-order valence-corrected chi connectivity index (χ3v) is 4.87. The van der Waals surface area contributed by atoms with Crippen LogP contribution in [-0.4, -0.2) is 35.8 Å². The van der Waals surface area contributed by atoms with Crippen molar-refractivity contribution in [3.05, 3.63) is 29.3 Å². The fraction of sp³-hybridized carbons (Fsp3) is 0.529. The number of rotatable bonds is 2. The van der Waals surface area contributed by atoms with Crippen molar-refractivity contribution in [3.8, 4) is 0 Å². The maximum Gasteiger partial charge on any atom is 0.254 e. The van der Waals surface area contributed by atoms with Crippen molar-refractivity contribution >= 4 is 29.9 Å². The molecule has 2 heterocycles. The van der Waals surface area contributed by atoms with Gasteiger partial charge >= 0.3 is 0 Å². The van der Waals surface area contributed by atoms with E-state index in [0.29, 0.717) is 30.9 Å². The van der Waals surface area contributed by atoms with Gasteiger partial charge in [-0.3, -0.25) is 9.59 Å². The van der Waals surface area contributed by atoms with Crippen molar-refractivity contribution in [1.29, 1.82) is 0 Å². The first-order chi connectivity index (χ1) is 10.6. The summed E-state index contributed by atoms with van der Waals surface area (Å²) >= 11 is 0. The molecule has 3 N–H and O–H groups in total. The summed E-state index contributed by atoms with van der Waals surface area (Å²) in [6.45, 7) is 3.45. The average molecular weight is 338 g/mol. The monoisotopic (exact) mass is 337 g/mol. The van der Waals surface area contributed by atoms with Crippen molar-refractivity contribution < 1.29 is 9.59 Å². The van der Waals surface area contributed by atoms with E-state index in [0.717, 1.165) is 30.6 Å². The summed E-state index contributed by atoms with van der Waals surface area (Å²) in [6.07, 6.45) is 3.34. The Morgan fingerprint density at radius 2 is 2.17 bits per heavy atom. The molecule has 1 aromatic rings. The summed E-state index contributed by atoms with van der Waals surface area (Å²) in [5.74, 6) is 0.543. The highest BCUT2D eigenvalue weighted by Crippen LogP contribution is 2.27. The SMILES string of the molecule is CC1CCCN(C(=O)c2ccc3c(c2)CCC(=O)N3)C1CN.Cl. The summed E-state index contributed by atoms with van der Waals surface area (Å²) < 4.78 is 0. The van der Waals surface area contributed by atoms with Gasteiger partial charge in [-0.15, -0.1) is 12.4 Å². The van der Waals surface area contributed by atoms with Crippen LogP contribution in [0.25, 0.3) is 0 Å². The van der Waals surface area contributed by atoms with Crippen LogP contribution in [0.1, 0.15) is 42.1 Å². The van der Waals surface area contributed by atoms with Gasteiger partial charge in [0.1, 0.15) is 0 Å². The van der Waals surface area contributed by atoms with E-state index in [9.17, 15) is 9.59 Å². The molecule has 0 bridgehead atoms. The van der Waals surface area contributed by atoms with Crippen LogP contribution in [0.15, 0.2) is 18.2 Å². The summed E-state index contributed by atoms with van der Waals surface area (Å²) in [5, 5.41) is 2.85. The molecule has 2 atom stereocenters. The Hall–Kier alpha value is -1.59. The normalized spacial score (nSPS) is 23.6. The molecular weight excluding hydrogens is 314 g/mol. The zero-order chi connectivity index (χ0) is 15.7. The van der Waals surface area contributed by atoms with Gasteiger partial charge in [0, 0.05) is 36.8 Å². The molecule has 2 aliphatic heterocycles. The van der Waals surface area contributed by atoms with E-state index in [1.54, 1.807) is 6.07 Å². The summed E-state index contributed by atoms with van der Waals surface area (Å²) in [6, 6.07) is 5.69. The van der Waals surface area contributed by atoms with E-state index < -0.39 is 0 Å². The number of nitrogens with one attached hydrogen (secondary N) is 1. The van der Waals surface area contributed by atoms with Crippen LogP contribution in [0.2, 0.25) is 0 Å². The van der Waals surface area contributed by atoms with E-state index in [2.05, 4.69) is 12.2 Å². The number of hydrogen-bond acceptors (Lipinski definition) is 3. The largest absolute Gasteiger partial charge is 0.334 e. The molecule has 2 amide bonds. The second-order valence-corrected chi connectivity index (χ2v) is 6.34. The van der Waals surface area contributed by atoms with E-state index in [-0.39, 0.29) is 30.3 Å². The Bertz CT molecular complexity index is 606. The number of nitrogens with zero attached hydrogens (tertiary/aromatic N) is 1. The maximum absolute atomic E-state index is 12.8. The van der Waals surface area contributed by atoms with Crippen LogP contribution < -0.4 is 11.1 Å². The first kappa shape index (κ1) is 17.8. The molecular formula is C17H24ClN3O2. The molecule has 0 aliphatic carbocycles. The van der Waals surface area contributed by atoms with Crippen LogP contribution in [0.4, 0.5) is 5.69 Å². The maximum atomic E-state index is 12.8. The first-order valence-electron chi connectivity index (χ1n) is 8.04. The molecule has 1 fully saturated rings. The van der Waals surface area contributed by atoms with Gasteiger partial charge in [0.25, 0.3) is 5.91 Å². The molecule has 0 radical (unpaired) electrons. The number of benzene rings is 1. The van der Waals surface area contributed by atoms with Gasteiger partial charge in [0.15, 0.2) is 0 Å². The van der Waals surface area contributed by atoms with E-state index in [4.69, 9.17) is 5.73 Å². The standard InChI is InChI=1S/C17H23N3O2.ClH/c1-11-3-2-8-20(15(11)10-18)17(22)13-4-6-14-12(9-13)5-7-16(21)19-14;/h4,6,9,11,15H,2-3,5,7-8,10,18H2,1H3,(H,19,21);1H. The van der Waals surface area contributed by atoms with E-state index >= 15 is 0 Å². The van der Waals surface area contributed by atoms with Gasteiger partial charge < -0.3 is 16.0 Å². The van der Waals surface area contributed by atoms with Gasteiger partial charge in [0.05, 0.1) is 0 Å². The van der Waals surface area contributed by atoms with Crippen LogP contribution >= 0.6 is 12.4 Å². The van der Waals surface area contributed by atoms with Crippen molar-refractivity contribution in [2.24, 2.45) is 11.7 Å². The Morgan fingerprint density at radius 3 is 2.91 bits per heavy atom. The second kappa shape index (κ2) is 7.32. The number of carbonyl (C=O) groups excluding carboxylic acids is 2. The topological polar surface area (TPSA) is 75.4 Å². The molecule has 0 spiro atoms. The molecule has 6 heteroatoms. The highest BCUT2D eigenvalue weighted by molar-refractivity contribution is 5.98. The molecule has 2 aliphatic rings. The number of nitrogens with two attached hydrogens (primary N) is 1. The lowest BCUT2D eigenvalue weighted by atomic mass is 9.90. The van der Waals surface area contributed by atoms with Crippen LogP contribution in [0.5, 0.6) is 0 Å². The van der Waals surface area contributed by atoms with Crippen molar-refractivity contribution in [1.82, 2.24) is 4.90 Å². The summed E-state index contributed by atoms with van der Waals surface area (Å²) in [4.78, 5) is 26.2. The number of fused-ring (bicyclic) bond motifs is 1. The van der Waals surface area contributed by atoms with Crippen LogP contribution in [0.3, 0.4) is 0 Å². The first-order valence-corrected chi connectivity index (χ1v) is 8.04. The van der Waals surface area contributed by atoms with Crippen molar-refractivity contribution in [3.63, 3.8) is 0 Å². The predicted molar refractivity (Wildman–Crippen MR) is 92.9 cm³/mol. The third kappa shape index (κ3) is 3.51. The van der Waals surface area contributed by atoms with E-state index in [1.165, 1.54) is 0 Å². The number of hydrogen-bond donors (Lipinski definition) is 2. The molecule has 23 heavy (non-hydrogen) atoms. The molecule has 3 rings (SSSR count). The average Bonchev–Trinajstić information content (AvgIpc) is 2.53. The number of piperidine rings is 1. The lowest BCUT2D eigenvalue weighted by Gasteiger charge is -2.39. The van der Waals surface area contributed by atoms with Crippen LogP contribution in [-0.2, 0) is 11.2 Å². The minimum absolute atomic E-state index is 0. The molecule has 0 saturated carbocycles. The van der Waals surface area contributed by atoms with Gasteiger partial charge in [-0.05, 0) is 48.9 Å². The summed E-state index contributed by atoms with van der Waals surface area (Å²) in [5.41, 5.74) is 8.45. The number of amides is 2. The lowest BCUT2D eigenvalue weighted by Crippen LogP contribution is -2.51. The number of carbonyl (C=O) groups is 2. The number of halogens is 1. The van der Waals surface area contributed by atoms with Gasteiger partial charge in [-0.1, -0.05) is 6.92 Å². The fourth-order valence-corrected chi connectivity index (χ4v) is 3.54. The minimum Gasteiger partial charge on any atom is -0.334 e. The van der Waals surface area contributed by atoms with Gasteiger partial charge in [0.2, 0.25) is 5.91 Å². The zero-order valence-electron chi connectivity index (χ0n) is 13.4. The molecule has 126 valence electrons. The Balaban J connectivity index is 0.00000192. The van der Waals surface area contributed by atoms with Crippen molar-refractivity contribution in [2.45, 2.75) is 38.6 Å². The van der Waals surface area contributed by atoms with Gasteiger partial charge in [-0.2, -0.15) is 0 Å². The van der Waals surface area contributed by atoms with Crippen molar-refractivity contribution in [2.75, 3.05) is 18.4 Å². The minimum atomic E-state index is 0. The van der Waals surface area contributed by atoms with Gasteiger partial charge in [-0.25, -0.2) is 0 Å². The zero-order valence-corrected chi connectivity index (χ0v) is 14.2. The molecule has 0 aromatic heterocycles. The van der Waals surface area contributed by atoms with Crippen LogP contribution in [0, 0.1) is 5.92 Å².